The van der Waals surface area contributed by atoms with Crippen LogP contribution in [-0.2, 0) is 12.8 Å². The fourth-order valence-corrected chi connectivity index (χ4v) is 4.49. The summed E-state index contributed by atoms with van der Waals surface area (Å²) in [5, 5.41) is 3.81. The Morgan fingerprint density at radius 1 is 0.975 bits per heavy atom. The van der Waals surface area contributed by atoms with Gasteiger partial charge in [-0.05, 0) is 25.0 Å². The molecule has 0 amide bonds. The lowest BCUT2D eigenvalue weighted by Gasteiger charge is -2.18. The topological polar surface area (TPSA) is 142 Å². The summed E-state index contributed by atoms with van der Waals surface area (Å²) in [7, 11) is 0. The molecule has 0 saturated carbocycles. The van der Waals surface area contributed by atoms with Gasteiger partial charge < -0.3 is 4.74 Å². The zero-order valence-electron chi connectivity index (χ0n) is 22.7. The number of rotatable bonds is 9. The summed E-state index contributed by atoms with van der Waals surface area (Å²) in [5.41, 5.74) is 4.11. The van der Waals surface area contributed by atoms with E-state index in [9.17, 15) is 9.59 Å². The lowest BCUT2D eigenvalue weighted by molar-refractivity contribution is 0.337. The van der Waals surface area contributed by atoms with Crippen LogP contribution in [0.25, 0.3) is 28.6 Å². The fraction of sp³-hybridized carbons (Fsp3) is 0.276. The number of aromatic nitrogens is 7. The van der Waals surface area contributed by atoms with Crippen molar-refractivity contribution < 1.29 is 9.26 Å². The zero-order valence-corrected chi connectivity index (χ0v) is 22.7. The predicted molar refractivity (Wildman–Crippen MR) is 149 cm³/mol. The number of H-pyrrole nitrogens is 1. The number of hydrogen-bond acceptors (Lipinski definition) is 9. The molecule has 40 heavy (non-hydrogen) atoms. The number of benzene rings is 1. The number of nitrogens with zero attached hydrogens (tertiary/aromatic N) is 6. The summed E-state index contributed by atoms with van der Waals surface area (Å²) < 4.78 is 11.6. The zero-order chi connectivity index (χ0) is 28.2. The molecule has 0 aliphatic rings. The van der Waals surface area contributed by atoms with Gasteiger partial charge in [0.2, 0.25) is 5.95 Å². The maximum absolute atomic E-state index is 13.9. The molecule has 0 fully saturated rings. The highest BCUT2D eigenvalue weighted by Gasteiger charge is 2.21. The third-order valence-corrected chi connectivity index (χ3v) is 6.37. The van der Waals surface area contributed by atoms with E-state index in [4.69, 9.17) is 9.72 Å². The molecule has 4 aromatic heterocycles. The van der Waals surface area contributed by atoms with E-state index in [1.54, 1.807) is 18.6 Å². The maximum Gasteiger partial charge on any atom is 0.439 e. The van der Waals surface area contributed by atoms with Crippen molar-refractivity contribution in [3.05, 3.63) is 98.5 Å². The maximum atomic E-state index is 13.9. The number of aryl methyl sites for hydroxylation is 1. The number of pyridine rings is 1. The first-order valence-electron chi connectivity index (χ1n) is 13.1. The third-order valence-electron chi connectivity index (χ3n) is 6.37. The monoisotopic (exact) mass is 539 g/mol. The van der Waals surface area contributed by atoms with Crippen LogP contribution in [0.5, 0.6) is 5.75 Å². The van der Waals surface area contributed by atoms with Gasteiger partial charge in [-0.15, -0.1) is 0 Å². The lowest BCUT2D eigenvalue weighted by atomic mass is 10.0. The second-order valence-electron chi connectivity index (χ2n) is 9.41. The highest BCUT2D eigenvalue weighted by molar-refractivity contribution is 5.78. The number of nitrogens with one attached hydrogen (secondary N) is 1. The Kier molecular flexibility index (Phi) is 7.63. The minimum absolute atomic E-state index is 0.0251. The van der Waals surface area contributed by atoms with E-state index in [0.717, 1.165) is 16.8 Å². The Hall–Kier alpha value is -4.93. The highest BCUT2D eigenvalue weighted by atomic mass is 16.5. The largest absolute Gasteiger partial charge is 0.491 e. The van der Waals surface area contributed by atoms with Crippen LogP contribution in [0.1, 0.15) is 56.3 Å². The van der Waals surface area contributed by atoms with Crippen LogP contribution in [0.15, 0.2) is 69.1 Å². The second-order valence-corrected chi connectivity index (χ2v) is 9.41. The van der Waals surface area contributed by atoms with Crippen LogP contribution in [0.2, 0.25) is 0 Å². The summed E-state index contributed by atoms with van der Waals surface area (Å²) in [4.78, 5) is 46.3. The Bertz CT molecular complexity index is 1740. The van der Waals surface area contributed by atoms with Gasteiger partial charge in [-0.1, -0.05) is 56.3 Å². The minimum atomic E-state index is -0.627. The van der Waals surface area contributed by atoms with Gasteiger partial charge in [0.15, 0.2) is 11.6 Å². The number of hydrogen-bond donors (Lipinski definition) is 1. The van der Waals surface area contributed by atoms with E-state index in [2.05, 4.69) is 29.6 Å². The Morgan fingerprint density at radius 2 is 1.73 bits per heavy atom. The molecular formula is C29H29N7O4. The molecule has 11 nitrogen and oxygen atoms in total. The van der Waals surface area contributed by atoms with Crippen molar-refractivity contribution in [3.8, 4) is 34.3 Å². The first kappa shape index (κ1) is 26.7. The van der Waals surface area contributed by atoms with Gasteiger partial charge in [0.25, 0.3) is 5.56 Å². The van der Waals surface area contributed by atoms with Crippen LogP contribution >= 0.6 is 0 Å². The summed E-state index contributed by atoms with van der Waals surface area (Å²) in [5.74, 6) is 1.07. The molecule has 5 rings (SSSR count). The standard InChI is InChI=1S/C29H29N7O4/c1-5-23-22(27(37)36(26(33-23)17(3)4)28-31-15-19(16-32-28)39-6-2)13-18-11-12-24(30-14-18)20-9-7-8-10-21(20)25-34-29(38)40-35-25/h7-12,14-17H,5-6,13H2,1-4H3,(H,34,35,38). The summed E-state index contributed by atoms with van der Waals surface area (Å²) in [6, 6.07) is 11.3. The third kappa shape index (κ3) is 5.31. The highest BCUT2D eigenvalue weighted by Crippen LogP contribution is 2.28. The fourth-order valence-electron chi connectivity index (χ4n) is 4.49. The summed E-state index contributed by atoms with van der Waals surface area (Å²) in [6.45, 7) is 8.34. The molecule has 0 aliphatic carbocycles. The molecule has 0 aliphatic heterocycles. The molecule has 11 heteroatoms. The smallest absolute Gasteiger partial charge is 0.439 e. The van der Waals surface area contributed by atoms with E-state index in [0.29, 0.717) is 53.7 Å². The molecule has 0 saturated heterocycles. The van der Waals surface area contributed by atoms with Gasteiger partial charge in [-0.2, -0.15) is 0 Å². The number of ether oxygens (including phenoxy) is 1. The molecular weight excluding hydrogens is 510 g/mol. The van der Waals surface area contributed by atoms with E-state index in [1.165, 1.54) is 4.57 Å². The van der Waals surface area contributed by atoms with Gasteiger partial charge in [0.1, 0.15) is 5.82 Å². The molecule has 0 radical (unpaired) electrons. The van der Waals surface area contributed by atoms with Gasteiger partial charge >= 0.3 is 5.76 Å². The molecule has 1 N–H and O–H groups in total. The molecule has 4 heterocycles. The Labute approximate surface area is 230 Å². The van der Waals surface area contributed by atoms with E-state index in [1.807, 2.05) is 64.1 Å². The van der Waals surface area contributed by atoms with Crippen molar-refractivity contribution in [2.75, 3.05) is 6.61 Å². The molecule has 0 unspecified atom stereocenters. The van der Waals surface area contributed by atoms with Crippen LogP contribution in [0.4, 0.5) is 0 Å². The van der Waals surface area contributed by atoms with E-state index < -0.39 is 5.76 Å². The van der Waals surface area contributed by atoms with Crippen LogP contribution in [0, 0.1) is 0 Å². The number of aromatic amines is 1. The van der Waals surface area contributed by atoms with Gasteiger partial charge in [0.05, 0.1) is 30.4 Å². The van der Waals surface area contributed by atoms with Crippen molar-refractivity contribution in [1.82, 2.24) is 34.6 Å². The van der Waals surface area contributed by atoms with Gasteiger partial charge in [-0.3, -0.25) is 19.3 Å². The molecule has 5 aromatic rings. The SMILES string of the molecule is CCOc1cnc(-n2c(C(C)C)nc(CC)c(Cc3ccc(-c4ccccc4-c4noc(=O)[nH]4)nc3)c2=O)nc1. The normalized spacial score (nSPS) is 11.2. The average molecular weight is 540 g/mol. The lowest BCUT2D eigenvalue weighted by Crippen LogP contribution is -2.31. The molecule has 0 bridgehead atoms. The van der Waals surface area contributed by atoms with Crippen LogP contribution in [-0.4, -0.2) is 41.3 Å². The van der Waals surface area contributed by atoms with Crippen molar-refractivity contribution in [2.45, 2.75) is 46.5 Å². The van der Waals surface area contributed by atoms with Crippen LogP contribution in [0.3, 0.4) is 0 Å². The quantitative estimate of drug-likeness (QED) is 0.293. The molecule has 204 valence electrons. The second kappa shape index (κ2) is 11.4. The van der Waals surface area contributed by atoms with Crippen molar-refractivity contribution >= 4 is 0 Å². The predicted octanol–water partition coefficient (Wildman–Crippen LogP) is 4.10. The average Bonchev–Trinajstić information content (AvgIpc) is 3.41. The van der Waals surface area contributed by atoms with E-state index in [-0.39, 0.29) is 17.4 Å². The molecule has 0 atom stereocenters. The van der Waals surface area contributed by atoms with Gasteiger partial charge in [-0.25, -0.2) is 24.3 Å². The van der Waals surface area contributed by atoms with Crippen molar-refractivity contribution in [3.63, 3.8) is 0 Å². The minimum Gasteiger partial charge on any atom is -0.491 e. The first-order valence-corrected chi connectivity index (χ1v) is 13.1. The van der Waals surface area contributed by atoms with Crippen LogP contribution < -0.4 is 16.1 Å². The van der Waals surface area contributed by atoms with Crippen molar-refractivity contribution in [1.29, 1.82) is 0 Å². The Balaban J connectivity index is 1.52. The molecule has 1 aromatic carbocycles. The summed E-state index contributed by atoms with van der Waals surface area (Å²) in [6.07, 6.45) is 5.81. The van der Waals surface area contributed by atoms with E-state index >= 15 is 0 Å². The summed E-state index contributed by atoms with van der Waals surface area (Å²) >= 11 is 0. The van der Waals surface area contributed by atoms with Crippen molar-refractivity contribution in [2.24, 2.45) is 0 Å². The first-order chi connectivity index (χ1) is 19.4. The Morgan fingerprint density at radius 3 is 2.33 bits per heavy atom. The molecule has 0 spiro atoms. The van der Waals surface area contributed by atoms with Gasteiger partial charge in [0, 0.05) is 35.2 Å².